The van der Waals surface area contributed by atoms with Crippen LogP contribution in [0.4, 0.5) is 0 Å². The number of likely N-dealkylation sites (N-methyl/N-ethyl adjacent to an activating group) is 1. The molecule has 0 saturated carbocycles. The Morgan fingerprint density at radius 3 is 1.01 bits per heavy atom. The van der Waals surface area contributed by atoms with Gasteiger partial charge in [-0.25, -0.2) is 0 Å². The van der Waals surface area contributed by atoms with Crippen molar-refractivity contribution in [1.29, 1.82) is 0 Å². The highest BCUT2D eigenvalue weighted by molar-refractivity contribution is 7.45. The molecule has 2 unspecified atom stereocenters. The van der Waals surface area contributed by atoms with E-state index in [2.05, 4.69) is 148 Å². The molecule has 480 valence electrons. The van der Waals surface area contributed by atoms with Crippen LogP contribution < -0.4 is 4.89 Å². The zero-order valence-electron chi connectivity index (χ0n) is 54.6. The second-order valence-electron chi connectivity index (χ2n) is 23.5. The summed E-state index contributed by atoms with van der Waals surface area (Å²) in [5, 5.41) is 0. The predicted molar refractivity (Wildman–Crippen MR) is 360 cm³/mol. The van der Waals surface area contributed by atoms with Crippen molar-refractivity contribution >= 4 is 19.8 Å². The van der Waals surface area contributed by atoms with Crippen molar-refractivity contribution in [2.75, 3.05) is 47.5 Å². The van der Waals surface area contributed by atoms with Gasteiger partial charge in [0.25, 0.3) is 7.82 Å². The Bertz CT molecular complexity index is 1880. The summed E-state index contributed by atoms with van der Waals surface area (Å²) < 4.78 is 34.3. The lowest BCUT2D eigenvalue weighted by Crippen LogP contribution is -2.37. The lowest BCUT2D eigenvalue weighted by Gasteiger charge is -2.28. The number of unbranched alkanes of at least 4 members (excludes halogenated alkanes) is 25. The minimum atomic E-state index is -4.66. The Hall–Kier alpha value is -3.85. The fourth-order valence-electron chi connectivity index (χ4n) is 8.97. The van der Waals surface area contributed by atoms with E-state index >= 15 is 0 Å². The molecule has 84 heavy (non-hydrogen) atoms. The summed E-state index contributed by atoms with van der Waals surface area (Å²) in [6.45, 7) is 4.10. The third-order valence-corrected chi connectivity index (χ3v) is 15.1. The molecule has 0 bridgehead atoms. The van der Waals surface area contributed by atoms with Crippen LogP contribution in [0.5, 0.6) is 0 Å². The number of carbonyl (C=O) groups is 2. The molecule has 0 N–H and O–H groups in total. The number of esters is 2. The normalized spacial score (nSPS) is 14.0. The molecule has 0 aliphatic rings. The number of allylic oxidation sites excluding steroid dienone is 22. The van der Waals surface area contributed by atoms with E-state index in [-0.39, 0.29) is 26.1 Å². The second kappa shape index (κ2) is 63.6. The van der Waals surface area contributed by atoms with Gasteiger partial charge in [0.1, 0.15) is 19.8 Å². The van der Waals surface area contributed by atoms with Crippen molar-refractivity contribution in [2.45, 2.75) is 277 Å². The molecule has 0 rings (SSSR count). The number of quaternary nitrogens is 1. The standard InChI is InChI=1S/C74H126NO8P/c1-6-8-10-12-14-16-18-20-22-24-26-28-30-32-34-36-37-39-41-43-45-47-49-51-53-55-57-59-61-63-65-67-74(77)83-72(71-82-84(78,79)81-69-68-75(3,4)5)70-80-73(76)66-64-62-60-58-56-54-52-50-48-46-44-42-40-38-35-33-31-29-27-25-23-21-19-17-15-13-11-9-7-2/h8,10,14,16,19-22,25-28,31-34,37,39,43,45,49,51,72H,6-7,9,11-13,15,17-18,23-24,29-30,35-36,38,40-42,44,46-48,50,52-71H2,1-5H3/b10-8-,16-14-,21-19-,22-20-,27-25-,28-26-,33-31-,34-32-,39-37-,45-43-,51-49-. The maximum Gasteiger partial charge on any atom is 0.306 e. The number of phosphoric acid groups is 1. The van der Waals surface area contributed by atoms with Crippen LogP contribution in [0.1, 0.15) is 271 Å². The number of carbonyl (C=O) groups excluding carboxylic acids is 2. The first-order valence-corrected chi connectivity index (χ1v) is 35.4. The molecule has 0 aromatic rings. The first-order chi connectivity index (χ1) is 41.0. The number of hydrogen-bond acceptors (Lipinski definition) is 8. The van der Waals surface area contributed by atoms with Crippen LogP contribution in [0.25, 0.3) is 0 Å². The Labute approximate surface area is 517 Å². The number of phosphoric ester groups is 1. The summed E-state index contributed by atoms with van der Waals surface area (Å²) in [5.74, 6) is -0.854. The van der Waals surface area contributed by atoms with Gasteiger partial charge in [-0.15, -0.1) is 0 Å². The lowest BCUT2D eigenvalue weighted by molar-refractivity contribution is -0.870. The molecule has 9 nitrogen and oxygen atoms in total. The molecular weight excluding hydrogens is 1060 g/mol. The fraction of sp³-hybridized carbons (Fsp3) is 0.676. The molecule has 0 saturated heterocycles. The Morgan fingerprint density at radius 1 is 0.381 bits per heavy atom. The minimum Gasteiger partial charge on any atom is -0.756 e. The quantitative estimate of drug-likeness (QED) is 0.0195. The topological polar surface area (TPSA) is 111 Å². The molecule has 0 aromatic heterocycles. The third-order valence-electron chi connectivity index (χ3n) is 14.2. The zero-order chi connectivity index (χ0) is 61.2. The van der Waals surface area contributed by atoms with E-state index < -0.39 is 32.5 Å². The number of ether oxygens (including phenoxy) is 2. The predicted octanol–water partition coefficient (Wildman–Crippen LogP) is 21.4. The number of hydrogen-bond donors (Lipinski definition) is 0. The summed E-state index contributed by atoms with van der Waals surface area (Å²) >= 11 is 0. The monoisotopic (exact) mass is 1190 g/mol. The Morgan fingerprint density at radius 2 is 0.679 bits per heavy atom. The van der Waals surface area contributed by atoms with Crippen molar-refractivity contribution in [3.05, 3.63) is 134 Å². The molecule has 0 aliphatic carbocycles. The Balaban J connectivity index is 4.16. The largest absolute Gasteiger partial charge is 0.756 e. The summed E-state index contributed by atoms with van der Waals surface area (Å²) in [6, 6.07) is 0. The molecule has 0 spiro atoms. The van der Waals surface area contributed by atoms with Gasteiger partial charge in [-0.05, 0) is 116 Å². The van der Waals surface area contributed by atoms with Gasteiger partial charge < -0.3 is 27.9 Å². The van der Waals surface area contributed by atoms with Crippen molar-refractivity contribution in [2.24, 2.45) is 0 Å². The average Bonchev–Trinajstić information content (AvgIpc) is 3.61. The van der Waals surface area contributed by atoms with Crippen molar-refractivity contribution in [1.82, 2.24) is 0 Å². The van der Waals surface area contributed by atoms with E-state index in [4.69, 9.17) is 18.5 Å². The first kappa shape index (κ1) is 80.2. The van der Waals surface area contributed by atoms with E-state index in [1.807, 2.05) is 21.1 Å². The average molecular weight is 1190 g/mol. The SMILES string of the molecule is CC/C=C\C/C=C\C/C=C\C/C=C\C/C=C\C/C=C\C/C=C\C/C=C\CCCCCCCCC(=O)OC(COC(=O)CCCCCCCCCCCCCCCC/C=C\C/C=C\C/C=C\CCCCCCC)COP(=O)([O-])OCC[N+](C)(C)C. The van der Waals surface area contributed by atoms with Gasteiger partial charge in [-0.2, -0.15) is 0 Å². The third kappa shape index (κ3) is 67.3. The van der Waals surface area contributed by atoms with Crippen LogP contribution in [0, 0.1) is 0 Å². The van der Waals surface area contributed by atoms with Crippen LogP contribution in [0.2, 0.25) is 0 Å². The summed E-state index contributed by atoms with van der Waals surface area (Å²) in [6.07, 6.45) is 92.3. The van der Waals surface area contributed by atoms with Gasteiger partial charge in [0, 0.05) is 12.8 Å². The van der Waals surface area contributed by atoms with Crippen LogP contribution in [0.15, 0.2) is 134 Å². The lowest BCUT2D eigenvalue weighted by atomic mass is 10.0. The van der Waals surface area contributed by atoms with Crippen LogP contribution in [-0.4, -0.2) is 70.0 Å². The van der Waals surface area contributed by atoms with Gasteiger partial charge in [0.15, 0.2) is 6.10 Å². The van der Waals surface area contributed by atoms with Gasteiger partial charge in [-0.3, -0.25) is 14.2 Å². The smallest absolute Gasteiger partial charge is 0.306 e. The van der Waals surface area contributed by atoms with E-state index in [0.717, 1.165) is 122 Å². The number of rotatable bonds is 61. The second-order valence-corrected chi connectivity index (χ2v) is 24.9. The molecule has 10 heteroatoms. The molecule has 2 atom stereocenters. The maximum atomic E-state index is 12.9. The minimum absolute atomic E-state index is 0.0407. The van der Waals surface area contributed by atoms with Gasteiger partial charge in [-0.1, -0.05) is 276 Å². The molecule has 0 aliphatic heterocycles. The molecule has 0 radical (unpaired) electrons. The van der Waals surface area contributed by atoms with Crippen molar-refractivity contribution in [3.8, 4) is 0 Å². The molecule has 0 heterocycles. The first-order valence-electron chi connectivity index (χ1n) is 33.9. The summed E-state index contributed by atoms with van der Waals surface area (Å²) in [7, 11) is 1.14. The van der Waals surface area contributed by atoms with Crippen molar-refractivity contribution in [3.63, 3.8) is 0 Å². The highest BCUT2D eigenvalue weighted by atomic mass is 31.2. The highest BCUT2D eigenvalue weighted by Crippen LogP contribution is 2.38. The summed E-state index contributed by atoms with van der Waals surface area (Å²) in [5.41, 5.74) is 0. The van der Waals surface area contributed by atoms with E-state index in [1.54, 1.807) is 0 Å². The highest BCUT2D eigenvalue weighted by Gasteiger charge is 2.22. The van der Waals surface area contributed by atoms with E-state index in [9.17, 15) is 19.0 Å². The molecule has 0 amide bonds. The number of nitrogens with zero attached hydrogens (tertiary/aromatic N) is 1. The molecule has 0 fully saturated rings. The van der Waals surface area contributed by atoms with Crippen LogP contribution in [-0.2, 0) is 32.7 Å². The fourth-order valence-corrected chi connectivity index (χ4v) is 9.70. The molecule has 0 aromatic carbocycles. The van der Waals surface area contributed by atoms with E-state index in [1.165, 1.54) is 116 Å². The summed E-state index contributed by atoms with van der Waals surface area (Å²) in [4.78, 5) is 38.0. The van der Waals surface area contributed by atoms with Crippen LogP contribution >= 0.6 is 7.82 Å². The molecular formula is C74H126NO8P. The van der Waals surface area contributed by atoms with Gasteiger partial charge >= 0.3 is 11.9 Å². The van der Waals surface area contributed by atoms with Gasteiger partial charge in [0.05, 0.1) is 27.7 Å². The Kier molecular flexibility index (Phi) is 60.7. The van der Waals surface area contributed by atoms with Crippen LogP contribution in [0.3, 0.4) is 0 Å². The maximum absolute atomic E-state index is 12.9. The zero-order valence-corrected chi connectivity index (χ0v) is 55.4. The van der Waals surface area contributed by atoms with Gasteiger partial charge in [0.2, 0.25) is 0 Å². The van der Waals surface area contributed by atoms with E-state index in [0.29, 0.717) is 17.4 Å². The van der Waals surface area contributed by atoms with Crippen molar-refractivity contribution < 1.29 is 42.1 Å².